The second-order valence-electron chi connectivity index (χ2n) is 5.15. The van der Waals surface area contributed by atoms with Gasteiger partial charge in [0.15, 0.2) is 5.82 Å². The molecule has 2 heterocycles. The molecule has 1 aliphatic rings. The van der Waals surface area contributed by atoms with Crippen molar-refractivity contribution in [2.24, 2.45) is 0 Å². The van der Waals surface area contributed by atoms with Crippen molar-refractivity contribution >= 4 is 23.1 Å². The zero-order valence-corrected chi connectivity index (χ0v) is 12.5. The quantitative estimate of drug-likeness (QED) is 0.884. The van der Waals surface area contributed by atoms with Gasteiger partial charge in [-0.2, -0.15) is 4.98 Å². The minimum Gasteiger partial charge on any atom is -0.370 e. The van der Waals surface area contributed by atoms with Crippen LogP contribution in [-0.4, -0.2) is 23.6 Å². The monoisotopic (exact) mass is 306 g/mol. The Morgan fingerprint density at radius 1 is 1.38 bits per heavy atom. The highest BCUT2D eigenvalue weighted by molar-refractivity contribution is 6.28. The Kier molecular flexibility index (Phi) is 3.92. The van der Waals surface area contributed by atoms with Crippen LogP contribution in [0.1, 0.15) is 17.7 Å². The van der Waals surface area contributed by atoms with E-state index < -0.39 is 0 Å². The molecule has 1 N–H and O–H groups in total. The molecule has 0 aliphatic carbocycles. The van der Waals surface area contributed by atoms with Gasteiger partial charge >= 0.3 is 0 Å². The zero-order valence-electron chi connectivity index (χ0n) is 11.7. The van der Waals surface area contributed by atoms with Crippen LogP contribution < -0.4 is 10.2 Å². The standard InChI is InChI=1S/C15H16ClFN4/c1-21-7-3-6-12-13(21)14(20-15(16)19-12)18-9-10-4-2-5-11(17)8-10/h2,4-5,8H,3,6-7,9H2,1H3,(H,18,19,20). The molecule has 0 saturated carbocycles. The van der Waals surface area contributed by atoms with Gasteiger partial charge in [-0.1, -0.05) is 12.1 Å². The number of rotatable bonds is 3. The van der Waals surface area contributed by atoms with E-state index in [4.69, 9.17) is 11.6 Å². The van der Waals surface area contributed by atoms with Crippen molar-refractivity contribution in [1.29, 1.82) is 0 Å². The van der Waals surface area contributed by atoms with Gasteiger partial charge < -0.3 is 10.2 Å². The second kappa shape index (κ2) is 5.85. The van der Waals surface area contributed by atoms with Crippen molar-refractivity contribution in [2.75, 3.05) is 23.8 Å². The molecule has 0 saturated heterocycles. The minimum atomic E-state index is -0.242. The van der Waals surface area contributed by atoms with E-state index in [0.29, 0.717) is 12.4 Å². The van der Waals surface area contributed by atoms with Crippen molar-refractivity contribution in [3.8, 4) is 0 Å². The molecule has 3 rings (SSSR count). The van der Waals surface area contributed by atoms with Crippen LogP contribution in [0.4, 0.5) is 15.9 Å². The molecule has 110 valence electrons. The fourth-order valence-electron chi connectivity index (χ4n) is 2.60. The maximum Gasteiger partial charge on any atom is 0.224 e. The Balaban J connectivity index is 1.86. The van der Waals surface area contributed by atoms with E-state index >= 15 is 0 Å². The number of halogens is 2. The number of fused-ring (bicyclic) bond motifs is 1. The van der Waals surface area contributed by atoms with Gasteiger partial charge in [0, 0.05) is 20.1 Å². The number of anilines is 2. The first-order valence-corrected chi connectivity index (χ1v) is 7.27. The van der Waals surface area contributed by atoms with Gasteiger partial charge in [-0.3, -0.25) is 0 Å². The minimum absolute atomic E-state index is 0.241. The molecule has 0 radical (unpaired) electrons. The van der Waals surface area contributed by atoms with Gasteiger partial charge in [-0.15, -0.1) is 0 Å². The highest BCUT2D eigenvalue weighted by atomic mass is 35.5. The maximum atomic E-state index is 13.2. The normalized spacial score (nSPS) is 14.0. The van der Waals surface area contributed by atoms with Crippen LogP contribution in [0.15, 0.2) is 24.3 Å². The van der Waals surface area contributed by atoms with E-state index in [9.17, 15) is 4.39 Å². The van der Waals surface area contributed by atoms with Crippen LogP contribution in [0.2, 0.25) is 5.28 Å². The highest BCUT2D eigenvalue weighted by Gasteiger charge is 2.21. The van der Waals surface area contributed by atoms with Gasteiger partial charge in [0.25, 0.3) is 0 Å². The summed E-state index contributed by atoms with van der Waals surface area (Å²) in [6.45, 7) is 1.46. The van der Waals surface area contributed by atoms with Gasteiger partial charge in [-0.05, 0) is 42.1 Å². The van der Waals surface area contributed by atoms with E-state index in [1.165, 1.54) is 12.1 Å². The number of nitrogens with zero attached hydrogens (tertiary/aromatic N) is 3. The fourth-order valence-corrected chi connectivity index (χ4v) is 2.78. The molecule has 1 aromatic carbocycles. The Morgan fingerprint density at radius 3 is 3.05 bits per heavy atom. The topological polar surface area (TPSA) is 41.1 Å². The molecule has 4 nitrogen and oxygen atoms in total. The molecule has 0 spiro atoms. The third-order valence-corrected chi connectivity index (χ3v) is 3.74. The fraction of sp³-hybridized carbons (Fsp3) is 0.333. The summed E-state index contributed by atoms with van der Waals surface area (Å²) in [5, 5.41) is 3.49. The van der Waals surface area contributed by atoms with E-state index in [1.807, 2.05) is 13.1 Å². The van der Waals surface area contributed by atoms with Gasteiger partial charge in [0.1, 0.15) is 11.5 Å². The molecule has 0 fully saturated rings. The summed E-state index contributed by atoms with van der Waals surface area (Å²) in [4.78, 5) is 10.7. The largest absolute Gasteiger partial charge is 0.370 e. The molecule has 0 atom stereocenters. The van der Waals surface area contributed by atoms with Crippen molar-refractivity contribution in [2.45, 2.75) is 19.4 Å². The molecular formula is C15H16ClFN4. The summed E-state index contributed by atoms with van der Waals surface area (Å²) in [6, 6.07) is 6.50. The van der Waals surface area contributed by atoms with E-state index in [2.05, 4.69) is 20.2 Å². The zero-order chi connectivity index (χ0) is 14.8. The smallest absolute Gasteiger partial charge is 0.224 e. The molecule has 6 heteroatoms. The summed E-state index contributed by atoms with van der Waals surface area (Å²) >= 11 is 6.00. The molecule has 0 bridgehead atoms. The Morgan fingerprint density at radius 2 is 2.24 bits per heavy atom. The molecule has 1 aliphatic heterocycles. The van der Waals surface area contributed by atoms with Crippen LogP contribution >= 0.6 is 11.6 Å². The van der Waals surface area contributed by atoms with Crippen molar-refractivity contribution < 1.29 is 4.39 Å². The molecule has 2 aromatic rings. The van der Waals surface area contributed by atoms with Crippen molar-refractivity contribution in [3.05, 3.63) is 46.6 Å². The SMILES string of the molecule is CN1CCCc2nc(Cl)nc(NCc3cccc(F)c3)c21. The number of benzene rings is 1. The molecular weight excluding hydrogens is 291 g/mol. The average Bonchev–Trinajstić information content (AvgIpc) is 2.44. The van der Waals surface area contributed by atoms with Crippen LogP contribution in [0.25, 0.3) is 0 Å². The predicted octanol–water partition coefficient (Wildman–Crippen LogP) is 3.26. The molecule has 1 aromatic heterocycles. The van der Waals surface area contributed by atoms with Crippen LogP contribution in [0.5, 0.6) is 0 Å². The van der Waals surface area contributed by atoms with Gasteiger partial charge in [0.2, 0.25) is 5.28 Å². The first-order valence-electron chi connectivity index (χ1n) is 6.89. The highest BCUT2D eigenvalue weighted by Crippen LogP contribution is 2.32. The second-order valence-corrected chi connectivity index (χ2v) is 5.48. The number of hydrogen-bond donors (Lipinski definition) is 1. The van der Waals surface area contributed by atoms with Crippen LogP contribution in [0.3, 0.4) is 0 Å². The summed E-state index contributed by atoms with van der Waals surface area (Å²) in [5.74, 6) is 0.464. The van der Waals surface area contributed by atoms with Crippen LogP contribution in [0, 0.1) is 5.82 Å². The Hall–Kier alpha value is -1.88. The number of aromatic nitrogens is 2. The summed E-state index contributed by atoms with van der Waals surface area (Å²) in [5.41, 5.74) is 2.81. The lowest BCUT2D eigenvalue weighted by Crippen LogP contribution is -2.27. The first kappa shape index (κ1) is 14.1. The van der Waals surface area contributed by atoms with Crippen molar-refractivity contribution in [3.63, 3.8) is 0 Å². The summed E-state index contributed by atoms with van der Waals surface area (Å²) in [7, 11) is 2.02. The van der Waals surface area contributed by atoms with E-state index in [-0.39, 0.29) is 11.1 Å². The third-order valence-electron chi connectivity index (χ3n) is 3.57. The molecule has 0 amide bonds. The maximum absolute atomic E-state index is 13.2. The summed E-state index contributed by atoms with van der Waals surface area (Å²) in [6.07, 6.45) is 1.96. The Bertz CT molecular complexity index is 662. The van der Waals surface area contributed by atoms with E-state index in [0.717, 1.165) is 36.3 Å². The lowest BCUT2D eigenvalue weighted by molar-refractivity contribution is 0.626. The van der Waals surface area contributed by atoms with Crippen LogP contribution in [-0.2, 0) is 13.0 Å². The number of hydrogen-bond acceptors (Lipinski definition) is 4. The van der Waals surface area contributed by atoms with Crippen molar-refractivity contribution in [1.82, 2.24) is 9.97 Å². The van der Waals surface area contributed by atoms with Gasteiger partial charge in [0.05, 0.1) is 5.69 Å². The first-order chi connectivity index (χ1) is 10.1. The number of nitrogens with one attached hydrogen (secondary N) is 1. The molecule has 0 unspecified atom stereocenters. The Labute approximate surface area is 128 Å². The lowest BCUT2D eigenvalue weighted by atomic mass is 10.1. The summed E-state index contributed by atoms with van der Waals surface area (Å²) < 4.78 is 13.2. The average molecular weight is 307 g/mol. The third kappa shape index (κ3) is 3.08. The lowest BCUT2D eigenvalue weighted by Gasteiger charge is -2.28. The molecule has 21 heavy (non-hydrogen) atoms. The predicted molar refractivity (Wildman–Crippen MR) is 82.4 cm³/mol. The van der Waals surface area contributed by atoms with E-state index in [1.54, 1.807) is 6.07 Å². The van der Waals surface area contributed by atoms with Gasteiger partial charge in [-0.25, -0.2) is 9.37 Å². The number of aryl methyl sites for hydroxylation is 1.